The first kappa shape index (κ1) is 12.4. The van der Waals surface area contributed by atoms with Gasteiger partial charge in [-0.05, 0) is 29.8 Å². The van der Waals surface area contributed by atoms with Gasteiger partial charge in [-0.3, -0.25) is 4.79 Å². The second kappa shape index (κ2) is 4.94. The number of halogens is 1. The summed E-state index contributed by atoms with van der Waals surface area (Å²) in [6.45, 7) is 4.34. The number of anilines is 1. The van der Waals surface area contributed by atoms with Crippen LogP contribution < -0.4 is 10.6 Å². The second-order valence-electron chi connectivity index (χ2n) is 3.79. The Morgan fingerprint density at radius 2 is 2.33 bits per heavy atom. The van der Waals surface area contributed by atoms with Crippen molar-refractivity contribution in [1.29, 1.82) is 0 Å². The highest BCUT2D eigenvalue weighted by Gasteiger charge is 2.26. The van der Waals surface area contributed by atoms with Gasteiger partial charge >= 0.3 is 0 Å². The fourth-order valence-corrected chi connectivity index (χ4v) is 2.19. The summed E-state index contributed by atoms with van der Waals surface area (Å²) in [7, 11) is 1.64. The molecule has 1 aromatic rings. The Hall–Kier alpha value is -0.620. The summed E-state index contributed by atoms with van der Waals surface area (Å²) in [5.74, 6) is 0.0191. The first-order chi connectivity index (χ1) is 6.95. The van der Waals surface area contributed by atoms with Gasteiger partial charge in [0.25, 0.3) is 0 Å². The van der Waals surface area contributed by atoms with Crippen molar-refractivity contribution >= 4 is 38.3 Å². The van der Waals surface area contributed by atoms with E-state index in [4.69, 9.17) is 0 Å². The molecule has 0 aliphatic carbocycles. The number of nitrogens with zero attached hydrogens (tertiary/aromatic N) is 1. The minimum atomic E-state index is -0.438. The van der Waals surface area contributed by atoms with Gasteiger partial charge in [0.1, 0.15) is 4.60 Å². The molecular weight excluding hydrogens is 278 g/mol. The molecule has 0 aliphatic rings. The van der Waals surface area contributed by atoms with Crippen LogP contribution in [-0.4, -0.2) is 24.5 Å². The van der Waals surface area contributed by atoms with Crippen LogP contribution >= 0.6 is 27.3 Å². The molecule has 0 aliphatic heterocycles. The molecular formula is C9H14BrN3OS. The van der Waals surface area contributed by atoms with Crippen molar-refractivity contribution in [3.05, 3.63) is 9.98 Å². The van der Waals surface area contributed by atoms with E-state index in [1.54, 1.807) is 7.05 Å². The van der Waals surface area contributed by atoms with Gasteiger partial charge in [-0.2, -0.15) is 0 Å². The van der Waals surface area contributed by atoms with E-state index in [9.17, 15) is 4.79 Å². The summed E-state index contributed by atoms with van der Waals surface area (Å²) in [5.41, 5.74) is -0.438. The molecule has 0 saturated heterocycles. The molecule has 1 amide bonds. The third-order valence-corrected chi connectivity index (χ3v) is 3.51. The van der Waals surface area contributed by atoms with Crippen LogP contribution in [0.25, 0.3) is 0 Å². The Morgan fingerprint density at radius 1 is 1.67 bits per heavy atom. The number of hydrogen-bond acceptors (Lipinski definition) is 4. The SMILES string of the molecule is CNC(=O)C(C)(C)CNc1nc(Br)cs1. The summed E-state index contributed by atoms with van der Waals surface area (Å²) in [5, 5.41) is 8.50. The number of thiazole rings is 1. The van der Waals surface area contributed by atoms with Gasteiger partial charge in [0, 0.05) is 19.0 Å². The lowest BCUT2D eigenvalue weighted by molar-refractivity contribution is -0.128. The van der Waals surface area contributed by atoms with Gasteiger partial charge in [0.05, 0.1) is 5.41 Å². The summed E-state index contributed by atoms with van der Waals surface area (Å²) >= 11 is 4.78. The van der Waals surface area contributed by atoms with Crippen molar-refractivity contribution < 1.29 is 4.79 Å². The van der Waals surface area contributed by atoms with Crippen LogP contribution in [0.1, 0.15) is 13.8 Å². The van der Waals surface area contributed by atoms with Gasteiger partial charge in [-0.1, -0.05) is 0 Å². The largest absolute Gasteiger partial charge is 0.360 e. The van der Waals surface area contributed by atoms with E-state index in [2.05, 4.69) is 31.5 Å². The van der Waals surface area contributed by atoms with Crippen molar-refractivity contribution in [2.75, 3.05) is 18.9 Å². The van der Waals surface area contributed by atoms with Crippen molar-refractivity contribution in [3.63, 3.8) is 0 Å². The van der Waals surface area contributed by atoms with E-state index in [1.807, 2.05) is 19.2 Å². The normalized spacial score (nSPS) is 11.2. The molecule has 1 heterocycles. The Balaban J connectivity index is 2.53. The number of carbonyl (C=O) groups is 1. The predicted octanol–water partition coefficient (Wildman–Crippen LogP) is 2.09. The average molecular weight is 292 g/mol. The lowest BCUT2D eigenvalue weighted by Crippen LogP contribution is -2.39. The molecule has 0 fully saturated rings. The highest BCUT2D eigenvalue weighted by molar-refractivity contribution is 9.10. The Morgan fingerprint density at radius 3 is 2.80 bits per heavy atom. The highest BCUT2D eigenvalue weighted by Crippen LogP contribution is 2.22. The molecule has 0 spiro atoms. The van der Waals surface area contributed by atoms with Crippen LogP contribution in [0.4, 0.5) is 5.13 Å². The van der Waals surface area contributed by atoms with Gasteiger partial charge in [0.2, 0.25) is 5.91 Å². The van der Waals surface area contributed by atoms with Crippen molar-refractivity contribution in [1.82, 2.24) is 10.3 Å². The summed E-state index contributed by atoms with van der Waals surface area (Å²) < 4.78 is 0.813. The monoisotopic (exact) mass is 291 g/mol. The van der Waals surface area contributed by atoms with Crippen LogP contribution in [0.5, 0.6) is 0 Å². The van der Waals surface area contributed by atoms with Crippen LogP contribution in [0.2, 0.25) is 0 Å². The van der Waals surface area contributed by atoms with Gasteiger partial charge < -0.3 is 10.6 Å². The smallest absolute Gasteiger partial charge is 0.227 e. The fraction of sp³-hybridized carbons (Fsp3) is 0.556. The molecule has 0 radical (unpaired) electrons. The highest BCUT2D eigenvalue weighted by atomic mass is 79.9. The van der Waals surface area contributed by atoms with Crippen LogP contribution in [0.15, 0.2) is 9.98 Å². The van der Waals surface area contributed by atoms with E-state index in [1.165, 1.54) is 11.3 Å². The van der Waals surface area contributed by atoms with Crippen LogP contribution in [0.3, 0.4) is 0 Å². The molecule has 84 valence electrons. The lowest BCUT2D eigenvalue weighted by atomic mass is 9.92. The minimum absolute atomic E-state index is 0.0191. The summed E-state index contributed by atoms with van der Waals surface area (Å²) in [6, 6.07) is 0. The van der Waals surface area contributed by atoms with Crippen LogP contribution in [0, 0.1) is 5.41 Å². The van der Waals surface area contributed by atoms with Gasteiger partial charge in [-0.15, -0.1) is 11.3 Å². The minimum Gasteiger partial charge on any atom is -0.360 e. The van der Waals surface area contributed by atoms with Gasteiger partial charge in [0.15, 0.2) is 5.13 Å². The summed E-state index contributed by atoms with van der Waals surface area (Å²) in [4.78, 5) is 15.7. The zero-order valence-corrected chi connectivity index (χ0v) is 11.3. The molecule has 0 bridgehead atoms. The lowest BCUT2D eigenvalue weighted by Gasteiger charge is -2.22. The van der Waals surface area contributed by atoms with E-state index in [0.29, 0.717) is 6.54 Å². The molecule has 1 aromatic heterocycles. The molecule has 2 N–H and O–H groups in total. The first-order valence-electron chi connectivity index (χ1n) is 4.53. The second-order valence-corrected chi connectivity index (χ2v) is 5.46. The maximum Gasteiger partial charge on any atom is 0.227 e. The number of nitrogens with one attached hydrogen (secondary N) is 2. The maximum atomic E-state index is 11.5. The van der Waals surface area contributed by atoms with Crippen molar-refractivity contribution in [2.24, 2.45) is 5.41 Å². The Labute approximate surface area is 102 Å². The molecule has 4 nitrogen and oxygen atoms in total. The standard InChI is InChI=1S/C9H14BrN3OS/c1-9(2,7(14)11-3)5-12-8-13-6(10)4-15-8/h4H,5H2,1-3H3,(H,11,14)(H,12,13). The predicted molar refractivity (Wildman–Crippen MR) is 66.2 cm³/mol. The first-order valence-corrected chi connectivity index (χ1v) is 6.20. The Bertz CT molecular complexity index is 351. The van der Waals surface area contributed by atoms with E-state index >= 15 is 0 Å². The van der Waals surface area contributed by atoms with Gasteiger partial charge in [-0.25, -0.2) is 4.98 Å². The van der Waals surface area contributed by atoms with Crippen molar-refractivity contribution in [3.8, 4) is 0 Å². The molecule has 0 aromatic carbocycles. The van der Waals surface area contributed by atoms with Crippen LogP contribution in [-0.2, 0) is 4.79 Å². The number of hydrogen-bond donors (Lipinski definition) is 2. The Kier molecular flexibility index (Phi) is 4.10. The van der Waals surface area contributed by atoms with E-state index < -0.39 is 5.41 Å². The zero-order chi connectivity index (χ0) is 11.5. The molecule has 0 saturated carbocycles. The number of rotatable bonds is 4. The van der Waals surface area contributed by atoms with E-state index in [-0.39, 0.29) is 5.91 Å². The van der Waals surface area contributed by atoms with Crippen molar-refractivity contribution in [2.45, 2.75) is 13.8 Å². The third kappa shape index (κ3) is 3.46. The zero-order valence-electron chi connectivity index (χ0n) is 8.93. The van der Waals surface area contributed by atoms with E-state index in [0.717, 1.165) is 9.73 Å². The third-order valence-electron chi connectivity index (χ3n) is 2.00. The molecule has 0 unspecified atom stereocenters. The topological polar surface area (TPSA) is 54.0 Å². The average Bonchev–Trinajstić information content (AvgIpc) is 2.60. The molecule has 15 heavy (non-hydrogen) atoms. The number of carbonyl (C=O) groups excluding carboxylic acids is 1. The number of aromatic nitrogens is 1. The number of amides is 1. The summed E-state index contributed by atoms with van der Waals surface area (Å²) in [6.07, 6.45) is 0. The molecule has 6 heteroatoms. The fourth-order valence-electron chi connectivity index (χ4n) is 1.05. The maximum absolute atomic E-state index is 11.5. The molecule has 1 rings (SSSR count). The molecule has 0 atom stereocenters. The quantitative estimate of drug-likeness (QED) is 0.893.